The summed E-state index contributed by atoms with van der Waals surface area (Å²) in [4.78, 5) is 43.4. The van der Waals surface area contributed by atoms with Gasteiger partial charge in [0.1, 0.15) is 17.7 Å². The van der Waals surface area contributed by atoms with E-state index in [1.165, 1.54) is 48.1 Å². The molecule has 0 aliphatic rings. The fourth-order valence-corrected chi connectivity index (χ4v) is 3.58. The van der Waals surface area contributed by atoms with Gasteiger partial charge in [-0.3, -0.25) is 9.36 Å². The normalized spacial score (nSPS) is 12.1. The third-order valence-corrected chi connectivity index (χ3v) is 5.27. The quantitative estimate of drug-likeness (QED) is 0.418. The average Bonchev–Trinajstić information content (AvgIpc) is 3.23. The van der Waals surface area contributed by atoms with E-state index >= 15 is 0 Å². The lowest BCUT2D eigenvalue weighted by Crippen LogP contribution is -2.40. The molecule has 0 saturated heterocycles. The maximum atomic E-state index is 14.3. The first-order chi connectivity index (χ1) is 15.8. The number of carbonyl (C=O) groups excluding carboxylic acids is 1. The van der Waals surface area contributed by atoms with Crippen LogP contribution in [0.4, 0.5) is 8.78 Å². The fourth-order valence-electron chi connectivity index (χ4n) is 3.58. The van der Waals surface area contributed by atoms with Gasteiger partial charge in [-0.2, -0.15) is 0 Å². The van der Waals surface area contributed by atoms with E-state index in [1.54, 1.807) is 13.0 Å². The van der Waals surface area contributed by atoms with Gasteiger partial charge in [-0.1, -0.05) is 18.2 Å². The molecule has 1 atom stereocenters. The van der Waals surface area contributed by atoms with Crippen molar-refractivity contribution in [1.82, 2.24) is 18.7 Å². The molecule has 0 aliphatic heterocycles. The topological polar surface area (TPSA) is 88.1 Å². The molecule has 0 aliphatic carbocycles. The first kappa shape index (κ1) is 22.1. The number of imidazole rings is 1. The molecule has 170 valence electrons. The number of rotatable bonds is 6. The number of hydrogen-bond acceptors (Lipinski definition) is 5. The minimum absolute atomic E-state index is 0.0162. The number of carbonyl (C=O) groups is 1. The van der Waals surface area contributed by atoms with E-state index in [0.29, 0.717) is 0 Å². The molecule has 2 aromatic carbocycles. The molecule has 4 aromatic rings. The van der Waals surface area contributed by atoms with Crippen molar-refractivity contribution in [3.8, 4) is 5.69 Å². The minimum atomic E-state index is -0.913. The predicted octanol–water partition coefficient (Wildman–Crippen LogP) is 2.80. The number of esters is 1. The molecule has 4 rings (SSSR count). The maximum Gasteiger partial charge on any atom is 0.337 e. The Morgan fingerprint density at radius 1 is 1.09 bits per heavy atom. The standard InChI is InChI=1S/C23H20F2N4O4/c1-3-33-22(31)14(2)28-13-26-20-19(28)21(30)27(12-15-6-4-5-7-18(15)25)23(32)29(20)17-10-8-16(24)9-11-17/h4-11,13-14H,3,12H2,1-2H3/t14-/m0/s1. The molecule has 0 fully saturated rings. The zero-order valence-corrected chi connectivity index (χ0v) is 17.9. The Morgan fingerprint density at radius 3 is 2.45 bits per heavy atom. The number of nitrogens with zero attached hydrogens (tertiary/aromatic N) is 4. The van der Waals surface area contributed by atoms with E-state index in [2.05, 4.69) is 4.98 Å². The zero-order valence-electron chi connectivity index (χ0n) is 17.9. The van der Waals surface area contributed by atoms with Crippen molar-refractivity contribution in [2.24, 2.45) is 0 Å². The van der Waals surface area contributed by atoms with Crippen LogP contribution in [-0.2, 0) is 16.1 Å². The maximum absolute atomic E-state index is 14.3. The van der Waals surface area contributed by atoms with Gasteiger partial charge in [-0.05, 0) is 44.2 Å². The first-order valence-corrected chi connectivity index (χ1v) is 10.2. The fraction of sp³-hybridized carbons (Fsp3) is 0.217. The van der Waals surface area contributed by atoms with Crippen LogP contribution in [0.25, 0.3) is 16.9 Å². The number of aromatic nitrogens is 4. The summed E-state index contributed by atoms with van der Waals surface area (Å²) in [6.45, 7) is 2.99. The van der Waals surface area contributed by atoms with Gasteiger partial charge in [0.05, 0.1) is 25.2 Å². The number of ether oxygens (including phenoxy) is 1. The van der Waals surface area contributed by atoms with Gasteiger partial charge in [0, 0.05) is 5.56 Å². The van der Waals surface area contributed by atoms with E-state index in [-0.39, 0.29) is 35.6 Å². The van der Waals surface area contributed by atoms with E-state index in [9.17, 15) is 23.2 Å². The van der Waals surface area contributed by atoms with Crippen molar-refractivity contribution >= 4 is 17.1 Å². The van der Waals surface area contributed by atoms with E-state index in [4.69, 9.17) is 4.74 Å². The summed E-state index contributed by atoms with van der Waals surface area (Å²) in [7, 11) is 0. The number of halogens is 2. The Kier molecular flexibility index (Phi) is 5.91. The molecule has 2 aromatic heterocycles. The molecule has 0 radical (unpaired) electrons. The Morgan fingerprint density at radius 2 is 1.79 bits per heavy atom. The van der Waals surface area contributed by atoms with Crippen molar-refractivity contribution in [3.05, 3.63) is 92.9 Å². The van der Waals surface area contributed by atoms with Gasteiger partial charge in [-0.15, -0.1) is 0 Å². The summed E-state index contributed by atoms with van der Waals surface area (Å²) >= 11 is 0. The molecule has 0 amide bonds. The van der Waals surface area contributed by atoms with Crippen molar-refractivity contribution in [2.75, 3.05) is 6.61 Å². The third kappa shape index (κ3) is 3.95. The SMILES string of the molecule is CCOC(=O)[C@H](C)n1cnc2c1c(=O)n(Cc1ccccc1F)c(=O)n2-c1ccc(F)cc1. The lowest BCUT2D eigenvalue weighted by molar-refractivity contribution is -0.146. The molecule has 8 nitrogen and oxygen atoms in total. The van der Waals surface area contributed by atoms with Crippen LogP contribution in [0, 0.1) is 11.6 Å². The second-order valence-corrected chi connectivity index (χ2v) is 7.33. The first-order valence-electron chi connectivity index (χ1n) is 10.2. The van der Waals surface area contributed by atoms with Gasteiger partial charge >= 0.3 is 11.7 Å². The van der Waals surface area contributed by atoms with Gasteiger partial charge in [0.15, 0.2) is 11.2 Å². The second kappa shape index (κ2) is 8.81. The molecule has 0 bridgehead atoms. The van der Waals surface area contributed by atoms with Crippen LogP contribution < -0.4 is 11.2 Å². The van der Waals surface area contributed by atoms with E-state index in [1.807, 2.05) is 0 Å². The largest absolute Gasteiger partial charge is 0.464 e. The van der Waals surface area contributed by atoms with Crippen LogP contribution in [0.5, 0.6) is 0 Å². The van der Waals surface area contributed by atoms with Gasteiger partial charge < -0.3 is 9.30 Å². The number of fused-ring (bicyclic) bond motifs is 1. The zero-order chi connectivity index (χ0) is 23.7. The Bertz CT molecular complexity index is 1450. The van der Waals surface area contributed by atoms with Crippen molar-refractivity contribution in [3.63, 3.8) is 0 Å². The highest BCUT2D eigenvalue weighted by atomic mass is 19.1. The summed E-state index contributed by atoms with van der Waals surface area (Å²) in [5.74, 6) is -1.67. The highest BCUT2D eigenvalue weighted by Crippen LogP contribution is 2.18. The van der Waals surface area contributed by atoms with Crippen LogP contribution in [-0.4, -0.2) is 31.3 Å². The molecule has 10 heteroatoms. The van der Waals surface area contributed by atoms with Crippen molar-refractivity contribution < 1.29 is 18.3 Å². The minimum Gasteiger partial charge on any atom is -0.464 e. The van der Waals surface area contributed by atoms with Gasteiger partial charge in [0.25, 0.3) is 5.56 Å². The highest BCUT2D eigenvalue weighted by Gasteiger charge is 2.25. The summed E-state index contributed by atoms with van der Waals surface area (Å²) in [5, 5.41) is 0. The summed E-state index contributed by atoms with van der Waals surface area (Å²) in [5.41, 5.74) is -1.20. The van der Waals surface area contributed by atoms with Gasteiger partial charge in [-0.25, -0.2) is 27.9 Å². The lowest BCUT2D eigenvalue weighted by atomic mass is 10.2. The van der Waals surface area contributed by atoms with Crippen molar-refractivity contribution in [2.45, 2.75) is 26.4 Å². The molecule has 33 heavy (non-hydrogen) atoms. The Labute approximate surface area is 186 Å². The molecule has 0 saturated carbocycles. The second-order valence-electron chi connectivity index (χ2n) is 7.33. The molecule has 2 heterocycles. The molecular formula is C23H20F2N4O4. The Hall–Kier alpha value is -4.08. The predicted molar refractivity (Wildman–Crippen MR) is 116 cm³/mol. The van der Waals surface area contributed by atoms with E-state index < -0.39 is 34.9 Å². The van der Waals surface area contributed by atoms with Crippen LogP contribution in [0.3, 0.4) is 0 Å². The van der Waals surface area contributed by atoms with Crippen LogP contribution in [0.2, 0.25) is 0 Å². The molecule has 0 unspecified atom stereocenters. The summed E-state index contributed by atoms with van der Waals surface area (Å²) < 4.78 is 36.2. The van der Waals surface area contributed by atoms with Crippen LogP contribution >= 0.6 is 0 Å². The summed E-state index contributed by atoms with van der Waals surface area (Å²) in [6, 6.07) is 9.92. The molecule has 0 spiro atoms. The van der Waals surface area contributed by atoms with Crippen molar-refractivity contribution in [1.29, 1.82) is 0 Å². The monoisotopic (exact) mass is 454 g/mol. The van der Waals surface area contributed by atoms with Gasteiger partial charge in [0.2, 0.25) is 0 Å². The smallest absolute Gasteiger partial charge is 0.337 e. The Balaban J connectivity index is 2.02. The van der Waals surface area contributed by atoms with E-state index in [0.717, 1.165) is 21.3 Å². The third-order valence-electron chi connectivity index (χ3n) is 5.27. The number of benzene rings is 2. The lowest BCUT2D eigenvalue weighted by Gasteiger charge is -2.15. The number of hydrogen-bond donors (Lipinski definition) is 0. The highest BCUT2D eigenvalue weighted by molar-refractivity contribution is 5.79. The van der Waals surface area contributed by atoms with Crippen LogP contribution in [0.15, 0.2) is 64.4 Å². The summed E-state index contributed by atoms with van der Waals surface area (Å²) in [6.07, 6.45) is 1.26. The molecular weight excluding hydrogens is 434 g/mol. The average molecular weight is 454 g/mol. The molecule has 0 N–H and O–H groups in total. The van der Waals surface area contributed by atoms with Crippen LogP contribution in [0.1, 0.15) is 25.5 Å².